The summed E-state index contributed by atoms with van der Waals surface area (Å²) < 4.78 is 20.8. The number of nitrogens with one attached hydrogen (secondary N) is 1. The van der Waals surface area contributed by atoms with Gasteiger partial charge in [0.05, 0.1) is 12.3 Å². The normalized spacial score (nSPS) is 12.6. The largest absolute Gasteiger partial charge is 0.457 e. The Morgan fingerprint density at radius 2 is 2.05 bits per heavy atom. The van der Waals surface area contributed by atoms with Crippen LogP contribution in [0.2, 0.25) is 0 Å². The van der Waals surface area contributed by atoms with Crippen LogP contribution in [0.4, 0.5) is 4.39 Å². The van der Waals surface area contributed by atoms with Gasteiger partial charge in [-0.3, -0.25) is 0 Å². The average molecular weight is 391 g/mol. The molecule has 0 amide bonds. The van der Waals surface area contributed by atoms with Crippen LogP contribution in [-0.2, 0) is 0 Å². The predicted octanol–water partition coefficient (Wildman–Crippen LogP) is 5.03. The van der Waals surface area contributed by atoms with Crippen molar-refractivity contribution in [3.05, 3.63) is 56.6 Å². The van der Waals surface area contributed by atoms with Crippen LogP contribution in [-0.4, -0.2) is 6.54 Å². The fourth-order valence-electron chi connectivity index (χ4n) is 1.92. The molecule has 0 bridgehead atoms. The number of hydrogen-bond donors (Lipinski definition) is 1. The van der Waals surface area contributed by atoms with Crippen LogP contribution in [0.25, 0.3) is 0 Å². The molecular formula is C14H14Br2FNO. The second kappa shape index (κ2) is 6.68. The maximum absolute atomic E-state index is 14.1. The Kier molecular flexibility index (Phi) is 5.19. The van der Waals surface area contributed by atoms with Gasteiger partial charge in [-0.25, -0.2) is 4.39 Å². The molecule has 102 valence electrons. The van der Waals surface area contributed by atoms with E-state index in [1.54, 1.807) is 18.4 Å². The van der Waals surface area contributed by atoms with Gasteiger partial charge in [-0.05, 0) is 53.2 Å². The molecule has 0 fully saturated rings. The number of benzene rings is 1. The minimum absolute atomic E-state index is 0.231. The maximum Gasteiger partial charge on any atom is 0.174 e. The number of hydrogen-bond acceptors (Lipinski definition) is 2. The van der Waals surface area contributed by atoms with Crippen molar-refractivity contribution in [1.29, 1.82) is 0 Å². The number of halogens is 3. The van der Waals surface area contributed by atoms with Crippen molar-refractivity contribution in [1.82, 2.24) is 5.32 Å². The minimum Gasteiger partial charge on any atom is -0.457 e. The predicted molar refractivity (Wildman–Crippen MR) is 80.6 cm³/mol. The molecule has 2 aromatic rings. The van der Waals surface area contributed by atoms with Crippen molar-refractivity contribution in [3.8, 4) is 0 Å². The topological polar surface area (TPSA) is 25.2 Å². The van der Waals surface area contributed by atoms with Crippen molar-refractivity contribution < 1.29 is 8.81 Å². The highest BCUT2D eigenvalue weighted by Gasteiger charge is 2.21. The zero-order valence-electron chi connectivity index (χ0n) is 10.4. The lowest BCUT2D eigenvalue weighted by Crippen LogP contribution is -2.24. The molecule has 0 saturated heterocycles. The van der Waals surface area contributed by atoms with Gasteiger partial charge in [-0.15, -0.1) is 0 Å². The number of furan rings is 1. The highest BCUT2D eigenvalue weighted by Crippen LogP contribution is 2.32. The molecule has 0 aliphatic heterocycles. The van der Waals surface area contributed by atoms with E-state index in [-0.39, 0.29) is 11.9 Å². The van der Waals surface area contributed by atoms with Gasteiger partial charge in [0.15, 0.2) is 4.67 Å². The van der Waals surface area contributed by atoms with Crippen LogP contribution >= 0.6 is 31.9 Å². The maximum atomic E-state index is 14.1. The van der Waals surface area contributed by atoms with Gasteiger partial charge >= 0.3 is 0 Å². The molecule has 0 spiro atoms. The highest BCUT2D eigenvalue weighted by molar-refractivity contribution is 9.10. The summed E-state index contributed by atoms with van der Waals surface area (Å²) in [7, 11) is 0. The Labute approximate surface area is 128 Å². The molecule has 19 heavy (non-hydrogen) atoms. The van der Waals surface area contributed by atoms with Crippen molar-refractivity contribution >= 4 is 31.9 Å². The summed E-state index contributed by atoms with van der Waals surface area (Å²) in [5.74, 6) is -0.232. The first-order valence-electron chi connectivity index (χ1n) is 6.04. The van der Waals surface area contributed by atoms with E-state index in [0.717, 1.165) is 23.0 Å². The van der Waals surface area contributed by atoms with Gasteiger partial charge in [0.2, 0.25) is 0 Å². The van der Waals surface area contributed by atoms with Crippen LogP contribution in [0.1, 0.15) is 30.5 Å². The SMILES string of the molecule is CCCNC(c1cc(Br)ccc1F)c1ccoc1Br. The molecule has 1 heterocycles. The summed E-state index contributed by atoms with van der Waals surface area (Å²) >= 11 is 6.74. The van der Waals surface area contributed by atoms with Crippen molar-refractivity contribution in [3.63, 3.8) is 0 Å². The van der Waals surface area contributed by atoms with Crippen LogP contribution in [0.15, 0.2) is 44.1 Å². The second-order valence-corrected chi connectivity index (χ2v) is 5.84. The van der Waals surface area contributed by atoms with Crippen molar-refractivity contribution in [2.45, 2.75) is 19.4 Å². The molecule has 2 nitrogen and oxygen atoms in total. The van der Waals surface area contributed by atoms with Gasteiger partial charge in [-0.2, -0.15) is 0 Å². The Bertz CT molecular complexity index is 556. The molecule has 1 aromatic carbocycles. The van der Waals surface area contributed by atoms with E-state index in [1.165, 1.54) is 6.07 Å². The zero-order valence-corrected chi connectivity index (χ0v) is 13.6. The fourth-order valence-corrected chi connectivity index (χ4v) is 2.77. The standard InChI is InChI=1S/C14H14Br2FNO/c1-2-6-18-13(10-5-7-19-14(10)16)11-8-9(15)3-4-12(11)17/h3-5,7-8,13,18H,2,6H2,1H3. The van der Waals surface area contributed by atoms with Gasteiger partial charge in [0.1, 0.15) is 5.82 Å². The van der Waals surface area contributed by atoms with E-state index in [2.05, 4.69) is 44.1 Å². The van der Waals surface area contributed by atoms with Crippen LogP contribution in [0.5, 0.6) is 0 Å². The first-order chi connectivity index (χ1) is 9.13. The molecule has 2 rings (SSSR count). The molecule has 0 aliphatic rings. The second-order valence-electron chi connectivity index (χ2n) is 4.20. The lowest BCUT2D eigenvalue weighted by molar-refractivity contribution is 0.513. The Morgan fingerprint density at radius 1 is 1.26 bits per heavy atom. The molecule has 1 N–H and O–H groups in total. The summed E-state index contributed by atoms with van der Waals surface area (Å²) in [6.45, 7) is 2.87. The van der Waals surface area contributed by atoms with E-state index < -0.39 is 0 Å². The highest BCUT2D eigenvalue weighted by atomic mass is 79.9. The van der Waals surface area contributed by atoms with Gasteiger partial charge < -0.3 is 9.73 Å². The van der Waals surface area contributed by atoms with Crippen LogP contribution < -0.4 is 5.32 Å². The lowest BCUT2D eigenvalue weighted by atomic mass is 10.0. The van der Waals surface area contributed by atoms with E-state index in [1.807, 2.05) is 6.07 Å². The van der Waals surface area contributed by atoms with Crippen LogP contribution in [0.3, 0.4) is 0 Å². The monoisotopic (exact) mass is 389 g/mol. The fraction of sp³-hybridized carbons (Fsp3) is 0.286. The Hall–Kier alpha value is -0.650. The molecule has 1 aromatic heterocycles. The average Bonchev–Trinajstić information content (AvgIpc) is 2.80. The molecule has 1 atom stereocenters. The summed E-state index contributed by atoms with van der Waals surface area (Å²) in [6.07, 6.45) is 2.57. The summed E-state index contributed by atoms with van der Waals surface area (Å²) in [5, 5.41) is 3.35. The molecule has 5 heteroatoms. The Morgan fingerprint density at radius 3 is 2.68 bits per heavy atom. The summed E-state index contributed by atoms with van der Waals surface area (Å²) in [6, 6.07) is 6.57. The summed E-state index contributed by atoms with van der Waals surface area (Å²) in [4.78, 5) is 0. The Balaban J connectivity index is 2.42. The molecular weight excluding hydrogens is 377 g/mol. The lowest BCUT2D eigenvalue weighted by Gasteiger charge is -2.19. The van der Waals surface area contributed by atoms with Gasteiger partial charge in [0, 0.05) is 15.6 Å². The van der Waals surface area contributed by atoms with Gasteiger partial charge in [-0.1, -0.05) is 22.9 Å². The minimum atomic E-state index is -0.232. The third-order valence-electron chi connectivity index (χ3n) is 2.82. The third kappa shape index (κ3) is 3.46. The quantitative estimate of drug-likeness (QED) is 0.774. The third-order valence-corrected chi connectivity index (χ3v) is 3.96. The van der Waals surface area contributed by atoms with E-state index in [4.69, 9.17) is 4.42 Å². The molecule has 0 radical (unpaired) electrons. The first-order valence-corrected chi connectivity index (χ1v) is 7.63. The molecule has 0 aliphatic carbocycles. The van der Waals surface area contributed by atoms with E-state index in [0.29, 0.717) is 10.2 Å². The summed E-state index contributed by atoms with van der Waals surface area (Å²) in [5.41, 5.74) is 1.50. The number of rotatable bonds is 5. The molecule has 1 unspecified atom stereocenters. The van der Waals surface area contributed by atoms with E-state index in [9.17, 15) is 4.39 Å². The van der Waals surface area contributed by atoms with E-state index >= 15 is 0 Å². The van der Waals surface area contributed by atoms with Crippen LogP contribution in [0, 0.1) is 5.82 Å². The smallest absolute Gasteiger partial charge is 0.174 e. The zero-order chi connectivity index (χ0) is 13.8. The molecule has 0 saturated carbocycles. The van der Waals surface area contributed by atoms with Crippen molar-refractivity contribution in [2.75, 3.05) is 6.54 Å². The first kappa shape index (κ1) is 14.8. The van der Waals surface area contributed by atoms with Crippen molar-refractivity contribution in [2.24, 2.45) is 0 Å². The van der Waals surface area contributed by atoms with Gasteiger partial charge in [0.25, 0.3) is 0 Å².